The quantitative estimate of drug-likeness (QED) is 0.0543. The van der Waals surface area contributed by atoms with Gasteiger partial charge in [-0.3, -0.25) is 19.5 Å². The number of urea groups is 1. The average Bonchev–Trinajstić information content (AvgIpc) is 3.13. The van der Waals surface area contributed by atoms with Gasteiger partial charge in [0.05, 0.1) is 13.3 Å². The number of unbranched alkanes of at least 4 members (excludes halogenated alkanes) is 12. The van der Waals surface area contributed by atoms with Gasteiger partial charge in [-0.25, -0.2) is 9.69 Å². The Kier molecular flexibility index (Phi) is 21.2. The van der Waals surface area contributed by atoms with Gasteiger partial charge in [-0.1, -0.05) is 116 Å². The van der Waals surface area contributed by atoms with E-state index in [9.17, 15) is 9.59 Å². The summed E-state index contributed by atoms with van der Waals surface area (Å²) in [7, 11) is 0. The second-order valence-corrected chi connectivity index (χ2v) is 13.3. The zero-order chi connectivity index (χ0) is 31.2. The van der Waals surface area contributed by atoms with Gasteiger partial charge >= 0.3 is 6.03 Å². The van der Waals surface area contributed by atoms with Crippen LogP contribution in [-0.4, -0.2) is 76.6 Å². The Morgan fingerprint density at radius 3 is 1.43 bits per heavy atom. The van der Waals surface area contributed by atoms with Crippen molar-refractivity contribution in [3.63, 3.8) is 0 Å². The molecular formula is C36H70N4O2. The number of hydrogen-bond acceptors (Lipinski definition) is 4. The summed E-state index contributed by atoms with van der Waals surface area (Å²) in [4.78, 5) is 36.8. The van der Waals surface area contributed by atoms with Crippen LogP contribution in [-0.2, 0) is 4.79 Å². The van der Waals surface area contributed by atoms with Crippen LogP contribution in [0.15, 0.2) is 11.6 Å². The van der Waals surface area contributed by atoms with Crippen molar-refractivity contribution >= 4 is 11.9 Å². The molecule has 1 unspecified atom stereocenters. The van der Waals surface area contributed by atoms with Gasteiger partial charge < -0.3 is 0 Å². The maximum atomic E-state index is 14.2. The second kappa shape index (κ2) is 23.0. The van der Waals surface area contributed by atoms with Crippen LogP contribution in [0.5, 0.6) is 0 Å². The molecule has 0 aromatic rings. The molecule has 0 aromatic carbocycles. The van der Waals surface area contributed by atoms with Crippen LogP contribution in [0.25, 0.3) is 0 Å². The summed E-state index contributed by atoms with van der Waals surface area (Å²) >= 11 is 0. The molecule has 6 nitrogen and oxygen atoms in total. The van der Waals surface area contributed by atoms with Gasteiger partial charge in [-0.05, 0) is 85.5 Å². The Balaban J connectivity index is 3.16. The third kappa shape index (κ3) is 14.4. The summed E-state index contributed by atoms with van der Waals surface area (Å²) in [5.41, 5.74) is 0.460. The normalized spacial score (nSPS) is 17.4. The molecule has 3 amide bonds. The minimum atomic E-state index is -0.801. The van der Waals surface area contributed by atoms with Gasteiger partial charge in [0, 0.05) is 0 Å². The Bertz CT molecular complexity index is 727. The fourth-order valence-corrected chi connectivity index (χ4v) is 6.03. The van der Waals surface area contributed by atoms with Crippen molar-refractivity contribution in [3.05, 3.63) is 11.6 Å². The highest BCUT2D eigenvalue weighted by Gasteiger charge is 2.54. The smallest absolute Gasteiger partial charge is 0.297 e. The summed E-state index contributed by atoms with van der Waals surface area (Å²) in [6, 6.07) is -0.0843. The first-order valence-corrected chi connectivity index (χ1v) is 18.0. The van der Waals surface area contributed by atoms with Gasteiger partial charge in [-0.15, -0.1) is 0 Å². The molecule has 246 valence electrons. The van der Waals surface area contributed by atoms with Crippen molar-refractivity contribution in [2.24, 2.45) is 0 Å². The molecule has 0 aromatic heterocycles. The van der Waals surface area contributed by atoms with Gasteiger partial charge in [0.15, 0.2) is 0 Å². The zero-order valence-electron chi connectivity index (χ0n) is 29.2. The third-order valence-corrected chi connectivity index (χ3v) is 8.94. The van der Waals surface area contributed by atoms with E-state index in [2.05, 4.69) is 57.4 Å². The molecule has 1 atom stereocenters. The largest absolute Gasteiger partial charge is 0.329 e. The van der Waals surface area contributed by atoms with E-state index >= 15 is 0 Å². The predicted octanol–water partition coefficient (Wildman–Crippen LogP) is 9.60. The summed E-state index contributed by atoms with van der Waals surface area (Å²) < 4.78 is 0. The maximum absolute atomic E-state index is 14.2. The van der Waals surface area contributed by atoms with Crippen molar-refractivity contribution in [2.75, 3.05) is 39.5 Å². The lowest BCUT2D eigenvalue weighted by molar-refractivity contribution is -0.134. The average molecular weight is 591 g/mol. The number of carbonyl (C=O) groups excluding carboxylic acids is 2. The van der Waals surface area contributed by atoms with Crippen molar-refractivity contribution in [1.29, 1.82) is 0 Å². The van der Waals surface area contributed by atoms with Crippen molar-refractivity contribution < 1.29 is 9.59 Å². The minimum absolute atomic E-state index is 0.00121. The SMILES string of the molecule is CCCCCCN(CCCCCC)CN1C(=O)N(CN(CCCCCC)CCCCCC)C(C)(CCC=C(C)C)C1=O. The van der Waals surface area contributed by atoms with Gasteiger partial charge in [-0.2, -0.15) is 0 Å². The van der Waals surface area contributed by atoms with Crippen LogP contribution < -0.4 is 0 Å². The van der Waals surface area contributed by atoms with Crippen LogP contribution in [0.1, 0.15) is 164 Å². The summed E-state index contributed by atoms with van der Waals surface area (Å²) in [5.74, 6) is -0.00121. The molecule has 0 bridgehead atoms. The Morgan fingerprint density at radius 2 is 1.05 bits per heavy atom. The molecule has 1 heterocycles. The first-order valence-electron chi connectivity index (χ1n) is 18.0. The summed E-state index contributed by atoms with van der Waals surface area (Å²) in [6.45, 7) is 20.1. The van der Waals surface area contributed by atoms with E-state index in [4.69, 9.17) is 0 Å². The standard InChI is InChI=1S/C36H70N4O2/c1-8-12-16-20-27-37(28-21-17-13-9-2)31-39-34(41)36(7,26-24-25-33(5)6)40(35(39)42)32-38(29-22-18-14-10-3)30-23-19-15-11-4/h25H,8-24,26-32H2,1-7H3. The molecule has 6 heteroatoms. The van der Waals surface area contributed by atoms with Gasteiger partial charge in [0.1, 0.15) is 5.54 Å². The van der Waals surface area contributed by atoms with Crippen LogP contribution >= 0.6 is 0 Å². The molecule has 0 N–H and O–H groups in total. The number of imide groups is 1. The first-order chi connectivity index (χ1) is 20.2. The fraction of sp³-hybridized carbons (Fsp3) is 0.889. The molecule has 0 spiro atoms. The topological polar surface area (TPSA) is 47.1 Å². The summed E-state index contributed by atoms with van der Waals surface area (Å²) in [6.07, 6.45) is 23.0. The fourth-order valence-electron chi connectivity index (χ4n) is 6.03. The first kappa shape index (κ1) is 38.6. The maximum Gasteiger partial charge on any atom is 0.329 e. The summed E-state index contributed by atoms with van der Waals surface area (Å²) in [5, 5.41) is 0. The van der Waals surface area contributed by atoms with Crippen LogP contribution in [0.3, 0.4) is 0 Å². The number of carbonyl (C=O) groups is 2. The monoisotopic (exact) mass is 591 g/mol. The molecule has 0 saturated carbocycles. The Morgan fingerprint density at radius 1 is 0.643 bits per heavy atom. The molecule has 1 aliphatic heterocycles. The molecule has 0 radical (unpaired) electrons. The number of allylic oxidation sites excluding steroid dienone is 2. The second-order valence-electron chi connectivity index (χ2n) is 13.3. The third-order valence-electron chi connectivity index (χ3n) is 8.94. The van der Waals surface area contributed by atoms with Gasteiger partial charge in [0.2, 0.25) is 0 Å². The number of nitrogens with zero attached hydrogens (tertiary/aromatic N) is 4. The number of amides is 3. The van der Waals surface area contributed by atoms with Gasteiger partial charge in [0.25, 0.3) is 5.91 Å². The number of hydrogen-bond donors (Lipinski definition) is 0. The van der Waals surface area contributed by atoms with E-state index in [1.54, 1.807) is 4.90 Å². The lowest BCUT2D eigenvalue weighted by atomic mass is 9.93. The molecule has 1 fully saturated rings. The lowest BCUT2D eigenvalue weighted by Crippen LogP contribution is -2.51. The van der Waals surface area contributed by atoms with Crippen molar-refractivity contribution in [3.8, 4) is 0 Å². The van der Waals surface area contributed by atoms with E-state index < -0.39 is 5.54 Å². The van der Waals surface area contributed by atoms with Crippen molar-refractivity contribution in [2.45, 2.75) is 170 Å². The molecular weight excluding hydrogens is 520 g/mol. The highest BCUT2D eigenvalue weighted by atomic mass is 16.2. The Hall–Kier alpha value is -1.40. The van der Waals surface area contributed by atoms with E-state index in [1.165, 1.54) is 82.6 Å². The highest BCUT2D eigenvalue weighted by Crippen LogP contribution is 2.33. The van der Waals surface area contributed by atoms with Crippen molar-refractivity contribution in [1.82, 2.24) is 19.6 Å². The number of rotatable bonds is 27. The van der Waals surface area contributed by atoms with Crippen LogP contribution in [0.4, 0.5) is 4.79 Å². The lowest BCUT2D eigenvalue weighted by Gasteiger charge is -2.36. The van der Waals surface area contributed by atoms with E-state index in [-0.39, 0.29) is 11.9 Å². The van der Waals surface area contributed by atoms with Crippen LogP contribution in [0, 0.1) is 0 Å². The van der Waals surface area contributed by atoms with E-state index in [0.717, 1.165) is 58.3 Å². The van der Waals surface area contributed by atoms with E-state index in [1.807, 2.05) is 11.8 Å². The molecule has 0 aliphatic carbocycles. The van der Waals surface area contributed by atoms with E-state index in [0.29, 0.717) is 19.8 Å². The molecule has 1 aliphatic rings. The molecule has 1 rings (SSSR count). The highest BCUT2D eigenvalue weighted by molar-refractivity contribution is 6.06. The molecule has 42 heavy (non-hydrogen) atoms. The zero-order valence-corrected chi connectivity index (χ0v) is 29.2. The molecule has 1 saturated heterocycles. The minimum Gasteiger partial charge on any atom is -0.297 e. The predicted molar refractivity (Wildman–Crippen MR) is 181 cm³/mol. The van der Waals surface area contributed by atoms with Crippen LogP contribution in [0.2, 0.25) is 0 Å². The Labute approximate surface area is 261 Å².